The van der Waals surface area contributed by atoms with Crippen LogP contribution in [0, 0.1) is 0 Å². The molecule has 0 aliphatic carbocycles. The number of nitrogens with one attached hydrogen (secondary N) is 1. The third kappa shape index (κ3) is 4.98. The Labute approximate surface area is 192 Å². The van der Waals surface area contributed by atoms with Gasteiger partial charge in [-0.15, -0.1) is 11.8 Å². The summed E-state index contributed by atoms with van der Waals surface area (Å²) in [5.74, 6) is 0.372. The van der Waals surface area contributed by atoms with Gasteiger partial charge in [0.2, 0.25) is 5.91 Å². The molecule has 1 heterocycles. The van der Waals surface area contributed by atoms with Gasteiger partial charge < -0.3 is 10.1 Å². The van der Waals surface area contributed by atoms with Crippen LogP contribution in [0.15, 0.2) is 72.8 Å². The Morgan fingerprint density at radius 2 is 1.76 bits per heavy atom. The van der Waals surface area contributed by atoms with E-state index in [1.165, 1.54) is 23.9 Å². The molecule has 1 aliphatic heterocycles. The molecule has 3 aromatic rings. The van der Waals surface area contributed by atoms with E-state index in [0.717, 1.165) is 23.4 Å². The summed E-state index contributed by atoms with van der Waals surface area (Å²) in [6.07, 6.45) is -4.52. The van der Waals surface area contributed by atoms with Gasteiger partial charge in [0, 0.05) is 16.9 Å². The van der Waals surface area contributed by atoms with Gasteiger partial charge in [0.1, 0.15) is 11.1 Å². The first-order valence-corrected chi connectivity index (χ1v) is 11.0. The molecule has 33 heavy (non-hydrogen) atoms. The fourth-order valence-electron chi connectivity index (χ4n) is 3.46. The standard InChI is InChI=1S/C24H19F3N2O3S/c1-32-20-11-9-19(10-12-20)29-21(30)14-33-23(29)15-5-7-18(8-6-15)28-22(31)16-3-2-4-17(13-16)24(25,26)27/h2-13,23H,14H2,1H3,(H,28,31). The monoisotopic (exact) mass is 472 g/mol. The van der Waals surface area contributed by atoms with E-state index >= 15 is 0 Å². The number of amides is 2. The van der Waals surface area contributed by atoms with Crippen LogP contribution in [0.25, 0.3) is 0 Å². The number of hydrogen-bond donors (Lipinski definition) is 1. The van der Waals surface area contributed by atoms with Crippen molar-refractivity contribution in [3.05, 3.63) is 89.5 Å². The molecule has 1 aliphatic rings. The van der Waals surface area contributed by atoms with E-state index in [1.807, 2.05) is 12.1 Å². The fourth-order valence-corrected chi connectivity index (χ4v) is 4.64. The van der Waals surface area contributed by atoms with Crippen molar-refractivity contribution in [1.82, 2.24) is 0 Å². The number of anilines is 2. The van der Waals surface area contributed by atoms with Gasteiger partial charge in [-0.2, -0.15) is 13.2 Å². The normalized spacial score (nSPS) is 16.1. The first-order chi connectivity index (χ1) is 15.8. The predicted molar refractivity (Wildman–Crippen MR) is 122 cm³/mol. The van der Waals surface area contributed by atoms with Gasteiger partial charge in [0.15, 0.2) is 0 Å². The quantitative estimate of drug-likeness (QED) is 0.514. The minimum atomic E-state index is -4.52. The van der Waals surface area contributed by atoms with Gasteiger partial charge in [0.25, 0.3) is 5.91 Å². The Morgan fingerprint density at radius 1 is 1.06 bits per heavy atom. The highest BCUT2D eigenvalue weighted by atomic mass is 32.2. The van der Waals surface area contributed by atoms with Crippen molar-refractivity contribution in [2.75, 3.05) is 23.1 Å². The summed E-state index contributed by atoms with van der Waals surface area (Å²) in [6.45, 7) is 0. The van der Waals surface area contributed by atoms with Crippen LogP contribution in [0.2, 0.25) is 0 Å². The van der Waals surface area contributed by atoms with Crippen molar-refractivity contribution >= 4 is 35.0 Å². The zero-order valence-electron chi connectivity index (χ0n) is 17.4. The first kappa shape index (κ1) is 22.7. The van der Waals surface area contributed by atoms with E-state index < -0.39 is 17.6 Å². The van der Waals surface area contributed by atoms with Crippen LogP contribution < -0.4 is 15.0 Å². The second kappa shape index (κ2) is 9.19. The van der Waals surface area contributed by atoms with Crippen LogP contribution in [0.3, 0.4) is 0 Å². The third-order valence-electron chi connectivity index (χ3n) is 5.12. The molecule has 4 rings (SSSR count). The maximum Gasteiger partial charge on any atom is 0.416 e. The molecule has 0 bridgehead atoms. The molecule has 5 nitrogen and oxygen atoms in total. The molecule has 170 valence electrons. The lowest BCUT2D eigenvalue weighted by atomic mass is 10.1. The average Bonchev–Trinajstić information content (AvgIpc) is 3.20. The summed E-state index contributed by atoms with van der Waals surface area (Å²) in [7, 11) is 1.57. The first-order valence-electron chi connectivity index (χ1n) is 9.92. The van der Waals surface area contributed by atoms with Crippen molar-refractivity contribution in [2.24, 2.45) is 0 Å². The topological polar surface area (TPSA) is 58.6 Å². The molecule has 3 aromatic carbocycles. The minimum absolute atomic E-state index is 0.0166. The van der Waals surface area contributed by atoms with Gasteiger partial charge in [-0.3, -0.25) is 14.5 Å². The van der Waals surface area contributed by atoms with Crippen molar-refractivity contribution in [2.45, 2.75) is 11.6 Å². The molecule has 0 aromatic heterocycles. The Bertz CT molecular complexity index is 1160. The van der Waals surface area contributed by atoms with E-state index in [-0.39, 0.29) is 16.8 Å². The van der Waals surface area contributed by atoms with Crippen LogP contribution in [0.4, 0.5) is 24.5 Å². The molecule has 9 heteroatoms. The highest BCUT2D eigenvalue weighted by molar-refractivity contribution is 8.00. The lowest BCUT2D eigenvalue weighted by molar-refractivity contribution is -0.137. The number of rotatable bonds is 5. The van der Waals surface area contributed by atoms with Crippen molar-refractivity contribution in [1.29, 1.82) is 0 Å². The van der Waals surface area contributed by atoms with Crippen molar-refractivity contribution in [3.8, 4) is 5.75 Å². The van der Waals surface area contributed by atoms with Crippen LogP contribution in [-0.2, 0) is 11.0 Å². The fraction of sp³-hybridized carbons (Fsp3) is 0.167. The zero-order chi connectivity index (χ0) is 23.6. The summed E-state index contributed by atoms with van der Waals surface area (Å²) < 4.78 is 43.9. The molecular formula is C24H19F3N2O3S. The molecule has 0 spiro atoms. The Hall–Kier alpha value is -3.46. The van der Waals surface area contributed by atoms with Crippen LogP contribution in [0.1, 0.15) is 26.9 Å². The summed E-state index contributed by atoms with van der Waals surface area (Å²) >= 11 is 1.49. The maximum absolute atomic E-state index is 12.9. The third-order valence-corrected chi connectivity index (χ3v) is 6.34. The summed E-state index contributed by atoms with van der Waals surface area (Å²) in [6, 6.07) is 18.4. The van der Waals surface area contributed by atoms with Gasteiger partial charge >= 0.3 is 6.18 Å². The number of halogens is 3. The van der Waals surface area contributed by atoms with Crippen molar-refractivity contribution < 1.29 is 27.5 Å². The van der Waals surface area contributed by atoms with Gasteiger partial charge in [-0.25, -0.2) is 0 Å². The second-order valence-electron chi connectivity index (χ2n) is 7.28. The number of nitrogens with zero attached hydrogens (tertiary/aromatic N) is 1. The van der Waals surface area contributed by atoms with Gasteiger partial charge in [0.05, 0.1) is 18.4 Å². The number of benzene rings is 3. The minimum Gasteiger partial charge on any atom is -0.497 e. The van der Waals surface area contributed by atoms with E-state index in [0.29, 0.717) is 17.2 Å². The van der Waals surface area contributed by atoms with E-state index in [1.54, 1.807) is 48.4 Å². The van der Waals surface area contributed by atoms with E-state index in [9.17, 15) is 22.8 Å². The average molecular weight is 472 g/mol. The van der Waals surface area contributed by atoms with Gasteiger partial charge in [-0.1, -0.05) is 18.2 Å². The summed E-state index contributed by atoms with van der Waals surface area (Å²) in [5, 5.41) is 2.37. The number of ether oxygens (including phenoxy) is 1. The van der Waals surface area contributed by atoms with Gasteiger partial charge in [-0.05, 0) is 60.2 Å². The SMILES string of the molecule is COc1ccc(N2C(=O)CSC2c2ccc(NC(=O)c3cccc(C(F)(F)F)c3)cc2)cc1. The highest BCUT2D eigenvalue weighted by Gasteiger charge is 2.34. The molecule has 1 atom stereocenters. The predicted octanol–water partition coefficient (Wildman–Crippen LogP) is 5.74. The molecule has 1 saturated heterocycles. The lowest BCUT2D eigenvalue weighted by Gasteiger charge is -2.24. The molecule has 2 amide bonds. The number of carbonyl (C=O) groups excluding carboxylic acids is 2. The molecule has 1 fully saturated rings. The smallest absolute Gasteiger partial charge is 0.416 e. The zero-order valence-corrected chi connectivity index (χ0v) is 18.2. The highest BCUT2D eigenvalue weighted by Crippen LogP contribution is 2.42. The second-order valence-corrected chi connectivity index (χ2v) is 8.35. The number of carbonyl (C=O) groups is 2. The number of hydrogen-bond acceptors (Lipinski definition) is 4. The summed E-state index contributed by atoms with van der Waals surface area (Å²) in [4.78, 5) is 26.6. The van der Waals surface area contributed by atoms with Crippen LogP contribution in [-0.4, -0.2) is 24.7 Å². The number of methoxy groups -OCH3 is 1. The Morgan fingerprint density at radius 3 is 2.39 bits per heavy atom. The van der Waals surface area contributed by atoms with E-state index in [2.05, 4.69) is 5.32 Å². The Balaban J connectivity index is 1.49. The molecular weight excluding hydrogens is 453 g/mol. The van der Waals surface area contributed by atoms with Crippen LogP contribution >= 0.6 is 11.8 Å². The molecule has 0 saturated carbocycles. The number of alkyl halides is 3. The number of thioether (sulfide) groups is 1. The molecule has 1 unspecified atom stereocenters. The lowest BCUT2D eigenvalue weighted by Crippen LogP contribution is -2.27. The summed E-state index contributed by atoms with van der Waals surface area (Å²) in [5.41, 5.74) is 1.08. The van der Waals surface area contributed by atoms with E-state index in [4.69, 9.17) is 4.74 Å². The molecule has 1 N–H and O–H groups in total. The van der Waals surface area contributed by atoms with Crippen LogP contribution in [0.5, 0.6) is 5.75 Å². The maximum atomic E-state index is 12.9. The largest absolute Gasteiger partial charge is 0.497 e. The molecule has 0 radical (unpaired) electrons. The Kier molecular flexibility index (Phi) is 6.33. The van der Waals surface area contributed by atoms with Crippen molar-refractivity contribution in [3.63, 3.8) is 0 Å².